The molecule has 0 bridgehead atoms. The summed E-state index contributed by atoms with van der Waals surface area (Å²) in [5, 5.41) is 4.27. The lowest BCUT2D eigenvalue weighted by Gasteiger charge is -2.14. The summed E-state index contributed by atoms with van der Waals surface area (Å²) in [6.45, 7) is 0. The van der Waals surface area contributed by atoms with Crippen molar-refractivity contribution in [3.63, 3.8) is 0 Å². The number of thiophene rings is 1. The zero-order valence-corrected chi connectivity index (χ0v) is 9.78. The highest BCUT2D eigenvalue weighted by molar-refractivity contribution is 7.07. The summed E-state index contributed by atoms with van der Waals surface area (Å²) in [6, 6.07) is 8.17. The fraction of sp³-hybridized carbons (Fsp3) is 0.250. The Labute approximate surface area is 99.3 Å². The van der Waals surface area contributed by atoms with E-state index < -0.39 is 0 Å². The number of nitrogens with one attached hydrogen (secondary N) is 1. The second kappa shape index (κ2) is 5.75. The van der Waals surface area contributed by atoms with Crippen molar-refractivity contribution in [2.75, 3.05) is 0 Å². The lowest BCUT2D eigenvalue weighted by molar-refractivity contribution is 0.505. The molecule has 0 saturated heterocycles. The molecule has 1 unspecified atom stereocenters. The van der Waals surface area contributed by atoms with Gasteiger partial charge in [0.1, 0.15) is 0 Å². The summed E-state index contributed by atoms with van der Waals surface area (Å²) in [4.78, 5) is 4.31. The van der Waals surface area contributed by atoms with Gasteiger partial charge in [0, 0.05) is 6.20 Å². The molecule has 84 valence electrons. The van der Waals surface area contributed by atoms with Crippen LogP contribution in [0.2, 0.25) is 0 Å². The number of pyridine rings is 1. The van der Waals surface area contributed by atoms with E-state index in [-0.39, 0.29) is 6.04 Å². The van der Waals surface area contributed by atoms with Crippen LogP contribution < -0.4 is 11.3 Å². The highest BCUT2D eigenvalue weighted by atomic mass is 32.1. The van der Waals surface area contributed by atoms with Gasteiger partial charge in [0.05, 0.1) is 11.7 Å². The highest BCUT2D eigenvalue weighted by Crippen LogP contribution is 2.17. The van der Waals surface area contributed by atoms with E-state index >= 15 is 0 Å². The van der Waals surface area contributed by atoms with Gasteiger partial charge in [-0.3, -0.25) is 16.3 Å². The molecular formula is C12H15N3S. The van der Waals surface area contributed by atoms with E-state index in [2.05, 4.69) is 27.2 Å². The third kappa shape index (κ3) is 2.88. The first-order chi connectivity index (χ1) is 7.90. The van der Waals surface area contributed by atoms with E-state index in [1.165, 1.54) is 5.56 Å². The molecule has 2 aromatic heterocycles. The summed E-state index contributed by atoms with van der Waals surface area (Å²) in [5.74, 6) is 5.56. The molecule has 3 N–H and O–H groups in total. The molecular weight excluding hydrogens is 218 g/mol. The van der Waals surface area contributed by atoms with Crippen LogP contribution in [-0.4, -0.2) is 4.98 Å². The van der Waals surface area contributed by atoms with Crippen LogP contribution in [0.25, 0.3) is 0 Å². The summed E-state index contributed by atoms with van der Waals surface area (Å²) >= 11 is 1.73. The molecule has 0 amide bonds. The van der Waals surface area contributed by atoms with E-state index in [9.17, 15) is 0 Å². The maximum Gasteiger partial charge on any atom is 0.0635 e. The minimum Gasteiger partial charge on any atom is -0.271 e. The number of aromatic nitrogens is 1. The topological polar surface area (TPSA) is 50.9 Å². The lowest BCUT2D eigenvalue weighted by atomic mass is 10.1. The maximum absolute atomic E-state index is 5.56. The Hall–Kier alpha value is -1.23. The van der Waals surface area contributed by atoms with Crippen molar-refractivity contribution in [2.45, 2.75) is 18.9 Å². The summed E-state index contributed by atoms with van der Waals surface area (Å²) in [6.07, 6.45) is 3.78. The van der Waals surface area contributed by atoms with Gasteiger partial charge in [0.2, 0.25) is 0 Å². The fourth-order valence-electron chi connectivity index (χ4n) is 1.64. The Balaban J connectivity index is 1.96. The predicted molar refractivity (Wildman–Crippen MR) is 66.9 cm³/mol. The van der Waals surface area contributed by atoms with Crippen molar-refractivity contribution < 1.29 is 0 Å². The molecule has 2 aromatic rings. The van der Waals surface area contributed by atoms with Crippen LogP contribution in [0.15, 0.2) is 41.2 Å². The molecule has 0 fully saturated rings. The van der Waals surface area contributed by atoms with Gasteiger partial charge in [0.15, 0.2) is 0 Å². The van der Waals surface area contributed by atoms with E-state index in [0.717, 1.165) is 18.5 Å². The third-order valence-electron chi connectivity index (χ3n) is 2.55. The van der Waals surface area contributed by atoms with Crippen LogP contribution >= 0.6 is 11.3 Å². The maximum atomic E-state index is 5.56. The number of nitrogens with two attached hydrogens (primary N) is 1. The first kappa shape index (κ1) is 11.3. The molecule has 3 nitrogen and oxygen atoms in total. The van der Waals surface area contributed by atoms with Gasteiger partial charge in [-0.15, -0.1) is 0 Å². The molecule has 2 rings (SSSR count). The van der Waals surface area contributed by atoms with Crippen LogP contribution in [0.3, 0.4) is 0 Å². The monoisotopic (exact) mass is 233 g/mol. The molecule has 1 atom stereocenters. The average Bonchev–Trinajstić information content (AvgIpc) is 2.84. The van der Waals surface area contributed by atoms with Gasteiger partial charge >= 0.3 is 0 Å². The second-order valence-corrected chi connectivity index (χ2v) is 4.42. The molecule has 4 heteroatoms. The Kier molecular flexibility index (Phi) is 4.04. The van der Waals surface area contributed by atoms with E-state index in [1.807, 2.05) is 18.2 Å². The van der Waals surface area contributed by atoms with Crippen LogP contribution in [0.5, 0.6) is 0 Å². The van der Waals surface area contributed by atoms with Gasteiger partial charge < -0.3 is 0 Å². The van der Waals surface area contributed by atoms with Crippen LogP contribution in [0.4, 0.5) is 0 Å². The van der Waals surface area contributed by atoms with Gasteiger partial charge in [-0.25, -0.2) is 0 Å². The first-order valence-electron chi connectivity index (χ1n) is 5.28. The van der Waals surface area contributed by atoms with Crippen LogP contribution in [0.1, 0.15) is 23.7 Å². The van der Waals surface area contributed by atoms with Gasteiger partial charge in [-0.2, -0.15) is 11.3 Å². The second-order valence-electron chi connectivity index (χ2n) is 3.64. The summed E-state index contributed by atoms with van der Waals surface area (Å²) in [7, 11) is 0. The Bertz CT molecular complexity index is 399. The largest absolute Gasteiger partial charge is 0.271 e. The highest BCUT2D eigenvalue weighted by Gasteiger charge is 2.10. The number of hydrazine groups is 1. The fourth-order valence-corrected chi connectivity index (χ4v) is 2.35. The number of rotatable bonds is 5. The predicted octanol–water partition coefficient (Wildman–Crippen LogP) is 2.28. The van der Waals surface area contributed by atoms with Gasteiger partial charge in [-0.05, 0) is 47.4 Å². The number of aryl methyl sites for hydroxylation is 1. The number of hydrogen-bond donors (Lipinski definition) is 2. The van der Waals surface area contributed by atoms with Crippen LogP contribution in [-0.2, 0) is 6.42 Å². The number of hydrogen-bond acceptors (Lipinski definition) is 4. The average molecular weight is 233 g/mol. The minimum atomic E-state index is 0.126. The lowest BCUT2D eigenvalue weighted by Crippen LogP contribution is -2.29. The normalized spacial score (nSPS) is 12.6. The van der Waals surface area contributed by atoms with Crippen molar-refractivity contribution in [3.8, 4) is 0 Å². The Morgan fingerprint density at radius 2 is 2.31 bits per heavy atom. The molecule has 16 heavy (non-hydrogen) atoms. The van der Waals surface area contributed by atoms with Crippen LogP contribution in [0, 0.1) is 0 Å². The molecule has 0 aliphatic rings. The molecule has 2 heterocycles. The third-order valence-corrected chi connectivity index (χ3v) is 3.28. The van der Waals surface area contributed by atoms with Gasteiger partial charge in [0.25, 0.3) is 0 Å². The smallest absolute Gasteiger partial charge is 0.0635 e. The Morgan fingerprint density at radius 3 is 2.94 bits per heavy atom. The minimum absolute atomic E-state index is 0.126. The van der Waals surface area contributed by atoms with Crippen molar-refractivity contribution in [3.05, 3.63) is 52.5 Å². The zero-order chi connectivity index (χ0) is 11.2. The molecule has 0 saturated carbocycles. The summed E-state index contributed by atoms with van der Waals surface area (Å²) in [5.41, 5.74) is 5.18. The van der Waals surface area contributed by atoms with Crippen molar-refractivity contribution >= 4 is 11.3 Å². The molecule has 0 spiro atoms. The quantitative estimate of drug-likeness (QED) is 0.615. The van der Waals surface area contributed by atoms with Crippen molar-refractivity contribution in [2.24, 2.45) is 5.84 Å². The van der Waals surface area contributed by atoms with E-state index in [1.54, 1.807) is 17.5 Å². The van der Waals surface area contributed by atoms with Gasteiger partial charge in [-0.1, -0.05) is 6.07 Å². The molecule has 0 aliphatic carbocycles. The zero-order valence-electron chi connectivity index (χ0n) is 8.97. The summed E-state index contributed by atoms with van der Waals surface area (Å²) < 4.78 is 0. The molecule has 0 aromatic carbocycles. The molecule has 0 radical (unpaired) electrons. The van der Waals surface area contributed by atoms with Crippen molar-refractivity contribution in [1.29, 1.82) is 0 Å². The molecule has 0 aliphatic heterocycles. The number of nitrogens with zero attached hydrogens (tertiary/aromatic N) is 1. The van der Waals surface area contributed by atoms with Crippen molar-refractivity contribution in [1.82, 2.24) is 10.4 Å². The standard InChI is InChI=1S/C12H15N3S/c13-15-12(11-3-1-2-7-14-11)5-4-10-6-8-16-9-10/h1-3,6-9,12,15H,4-5,13H2. The SMILES string of the molecule is NNC(CCc1ccsc1)c1ccccn1. The Morgan fingerprint density at radius 1 is 1.38 bits per heavy atom. The van der Waals surface area contributed by atoms with E-state index in [4.69, 9.17) is 5.84 Å². The van der Waals surface area contributed by atoms with E-state index in [0.29, 0.717) is 0 Å². The first-order valence-corrected chi connectivity index (χ1v) is 6.22.